The quantitative estimate of drug-likeness (QED) is 0.846. The third-order valence-electron chi connectivity index (χ3n) is 3.59. The summed E-state index contributed by atoms with van der Waals surface area (Å²) in [6.45, 7) is 7.73. The largest absolute Gasteiger partial charge is 0.494 e. The Kier molecular flexibility index (Phi) is 4.87. The summed E-state index contributed by atoms with van der Waals surface area (Å²) >= 11 is 0. The number of ether oxygens (including phenoxy) is 2. The number of amides is 1. The zero-order chi connectivity index (χ0) is 17.2. The fourth-order valence-corrected chi connectivity index (χ4v) is 2.40. The third kappa shape index (κ3) is 4.18. The maximum absolute atomic E-state index is 13.9. The van der Waals surface area contributed by atoms with Crippen molar-refractivity contribution >= 4 is 17.5 Å². The van der Waals surface area contributed by atoms with Crippen molar-refractivity contribution in [3.05, 3.63) is 17.9 Å². The molecule has 1 aromatic rings. The number of halogens is 1. The minimum absolute atomic E-state index is 0.00337. The van der Waals surface area contributed by atoms with E-state index >= 15 is 0 Å². The molecule has 0 unspecified atom stereocenters. The molecular weight excluding hydrogens is 301 g/mol. The van der Waals surface area contributed by atoms with E-state index in [0.717, 1.165) is 0 Å². The smallest absolute Gasteiger partial charge is 0.410 e. The Morgan fingerprint density at radius 2 is 1.83 bits per heavy atom. The van der Waals surface area contributed by atoms with Crippen LogP contribution in [-0.4, -0.2) is 49.9 Å². The number of hydrogen-bond acceptors (Lipinski definition) is 5. The fraction of sp³-hybridized carbons (Fsp3) is 0.562. The average molecular weight is 325 g/mol. The second-order valence-corrected chi connectivity index (χ2v) is 6.50. The van der Waals surface area contributed by atoms with Crippen LogP contribution in [0, 0.1) is 5.82 Å². The molecule has 1 heterocycles. The van der Waals surface area contributed by atoms with Crippen LogP contribution in [0.25, 0.3) is 0 Å². The van der Waals surface area contributed by atoms with E-state index in [1.54, 1.807) is 11.0 Å². The predicted octanol–water partition coefficient (Wildman–Crippen LogP) is 2.47. The van der Waals surface area contributed by atoms with Crippen LogP contribution in [-0.2, 0) is 4.74 Å². The molecule has 128 valence electrons. The molecule has 0 atom stereocenters. The highest BCUT2D eigenvalue weighted by Gasteiger charge is 2.26. The molecule has 0 radical (unpaired) electrons. The third-order valence-corrected chi connectivity index (χ3v) is 3.59. The van der Waals surface area contributed by atoms with Crippen molar-refractivity contribution in [3.8, 4) is 5.75 Å². The van der Waals surface area contributed by atoms with Crippen molar-refractivity contribution in [3.63, 3.8) is 0 Å². The highest BCUT2D eigenvalue weighted by molar-refractivity contribution is 5.69. The number of anilines is 2. The molecular formula is C16H24FN3O3. The molecule has 1 amide bonds. The Morgan fingerprint density at radius 1 is 1.22 bits per heavy atom. The number of carbonyl (C=O) groups is 1. The fourth-order valence-electron chi connectivity index (χ4n) is 2.40. The van der Waals surface area contributed by atoms with Crippen LogP contribution >= 0.6 is 0 Å². The standard InChI is InChI=1S/C16H24FN3O3/c1-16(2,3)23-15(21)20-7-5-19(6-8-20)11-9-12(17)14(18)13(10-11)22-4/h9-10H,5-8,18H2,1-4H3. The summed E-state index contributed by atoms with van der Waals surface area (Å²) in [5.41, 5.74) is 5.81. The summed E-state index contributed by atoms with van der Waals surface area (Å²) in [5, 5.41) is 0. The lowest BCUT2D eigenvalue weighted by Gasteiger charge is -2.36. The molecule has 1 saturated heterocycles. The minimum Gasteiger partial charge on any atom is -0.494 e. The van der Waals surface area contributed by atoms with Gasteiger partial charge in [0.15, 0.2) is 5.82 Å². The Bertz CT molecular complexity index is 579. The minimum atomic E-state index is -0.512. The van der Waals surface area contributed by atoms with E-state index < -0.39 is 11.4 Å². The summed E-state index contributed by atoms with van der Waals surface area (Å²) in [7, 11) is 1.45. The van der Waals surface area contributed by atoms with Gasteiger partial charge in [-0.15, -0.1) is 0 Å². The van der Waals surface area contributed by atoms with Crippen LogP contribution in [0.15, 0.2) is 12.1 Å². The monoisotopic (exact) mass is 325 g/mol. The molecule has 2 N–H and O–H groups in total. The molecule has 1 aliphatic heterocycles. The molecule has 1 aliphatic rings. The summed E-state index contributed by atoms with van der Waals surface area (Å²) in [4.78, 5) is 15.7. The zero-order valence-corrected chi connectivity index (χ0v) is 14.1. The highest BCUT2D eigenvalue weighted by atomic mass is 19.1. The maximum Gasteiger partial charge on any atom is 0.410 e. The second kappa shape index (κ2) is 6.52. The summed E-state index contributed by atoms with van der Waals surface area (Å²) in [6, 6.07) is 3.10. The van der Waals surface area contributed by atoms with E-state index in [1.165, 1.54) is 13.2 Å². The zero-order valence-electron chi connectivity index (χ0n) is 14.1. The molecule has 23 heavy (non-hydrogen) atoms. The number of rotatable bonds is 2. The van der Waals surface area contributed by atoms with Gasteiger partial charge in [-0.1, -0.05) is 0 Å². The number of methoxy groups -OCH3 is 1. The van der Waals surface area contributed by atoms with Crippen LogP contribution in [0.1, 0.15) is 20.8 Å². The van der Waals surface area contributed by atoms with Gasteiger partial charge in [-0.25, -0.2) is 9.18 Å². The van der Waals surface area contributed by atoms with Crippen LogP contribution < -0.4 is 15.4 Å². The van der Waals surface area contributed by atoms with Gasteiger partial charge in [-0.3, -0.25) is 0 Å². The first-order chi connectivity index (χ1) is 10.7. The number of nitrogens with zero attached hydrogens (tertiary/aromatic N) is 2. The van der Waals surface area contributed by atoms with Crippen molar-refractivity contribution in [1.29, 1.82) is 0 Å². The Labute approximate surface area is 135 Å². The molecule has 0 bridgehead atoms. The highest BCUT2D eigenvalue weighted by Crippen LogP contribution is 2.31. The maximum atomic E-state index is 13.9. The summed E-state index contributed by atoms with van der Waals surface area (Å²) in [6.07, 6.45) is -0.321. The van der Waals surface area contributed by atoms with Gasteiger partial charge >= 0.3 is 6.09 Å². The van der Waals surface area contributed by atoms with E-state index in [0.29, 0.717) is 37.6 Å². The lowest BCUT2D eigenvalue weighted by Crippen LogP contribution is -2.50. The van der Waals surface area contributed by atoms with Crippen LogP contribution in [0.4, 0.5) is 20.6 Å². The van der Waals surface area contributed by atoms with Crippen LogP contribution in [0.5, 0.6) is 5.75 Å². The van der Waals surface area contributed by atoms with Gasteiger partial charge in [0.1, 0.15) is 17.0 Å². The molecule has 7 heteroatoms. The molecule has 6 nitrogen and oxygen atoms in total. The molecule has 1 aromatic carbocycles. The van der Waals surface area contributed by atoms with Crippen molar-refractivity contribution in [2.45, 2.75) is 26.4 Å². The lowest BCUT2D eigenvalue weighted by molar-refractivity contribution is 0.0240. The van der Waals surface area contributed by atoms with Crippen LogP contribution in [0.3, 0.4) is 0 Å². The van der Waals surface area contributed by atoms with Gasteiger partial charge in [0, 0.05) is 37.9 Å². The number of carbonyl (C=O) groups excluding carboxylic acids is 1. The van der Waals surface area contributed by atoms with E-state index in [2.05, 4.69) is 0 Å². The van der Waals surface area contributed by atoms with Gasteiger partial charge < -0.3 is 25.0 Å². The van der Waals surface area contributed by atoms with Crippen molar-refractivity contribution in [1.82, 2.24) is 4.90 Å². The number of nitrogens with two attached hydrogens (primary N) is 1. The van der Waals surface area contributed by atoms with E-state index in [4.69, 9.17) is 15.2 Å². The van der Waals surface area contributed by atoms with E-state index in [1.807, 2.05) is 25.7 Å². The molecule has 2 rings (SSSR count). The Morgan fingerprint density at radius 3 is 2.35 bits per heavy atom. The van der Waals surface area contributed by atoms with Gasteiger partial charge in [0.05, 0.1) is 7.11 Å². The first-order valence-electron chi connectivity index (χ1n) is 7.57. The van der Waals surface area contributed by atoms with Gasteiger partial charge in [0.2, 0.25) is 0 Å². The SMILES string of the molecule is COc1cc(N2CCN(C(=O)OC(C)(C)C)CC2)cc(F)c1N. The summed E-state index contributed by atoms with van der Waals surface area (Å²) in [5.74, 6) is -0.191. The molecule has 1 fully saturated rings. The Hall–Kier alpha value is -2.18. The molecule has 0 aromatic heterocycles. The molecule has 0 spiro atoms. The molecule has 0 aliphatic carbocycles. The lowest BCUT2D eigenvalue weighted by atomic mass is 10.2. The van der Waals surface area contributed by atoms with Crippen molar-refractivity contribution < 1.29 is 18.7 Å². The van der Waals surface area contributed by atoms with Crippen molar-refractivity contribution in [2.24, 2.45) is 0 Å². The first kappa shape index (κ1) is 17.2. The summed E-state index contributed by atoms with van der Waals surface area (Å²) < 4.78 is 24.3. The van der Waals surface area contributed by atoms with Crippen LogP contribution in [0.2, 0.25) is 0 Å². The predicted molar refractivity (Wildman–Crippen MR) is 87.4 cm³/mol. The number of nitrogen functional groups attached to an aromatic ring is 1. The number of hydrogen-bond donors (Lipinski definition) is 1. The topological polar surface area (TPSA) is 68.0 Å². The Balaban J connectivity index is 2.02. The number of piperazine rings is 1. The average Bonchev–Trinajstić information content (AvgIpc) is 2.48. The van der Waals surface area contributed by atoms with E-state index in [9.17, 15) is 9.18 Å². The normalized spacial score (nSPS) is 15.5. The second-order valence-electron chi connectivity index (χ2n) is 6.50. The first-order valence-corrected chi connectivity index (χ1v) is 7.57. The molecule has 0 saturated carbocycles. The van der Waals surface area contributed by atoms with Crippen molar-refractivity contribution in [2.75, 3.05) is 43.9 Å². The van der Waals surface area contributed by atoms with Gasteiger partial charge in [0.25, 0.3) is 0 Å². The number of benzene rings is 1. The van der Waals surface area contributed by atoms with Gasteiger partial charge in [-0.2, -0.15) is 0 Å². The van der Waals surface area contributed by atoms with E-state index in [-0.39, 0.29) is 11.8 Å². The van der Waals surface area contributed by atoms with Gasteiger partial charge in [-0.05, 0) is 26.8 Å².